The Hall–Kier alpha value is -1.43. The monoisotopic (exact) mass is 214 g/mol. The molecule has 1 heterocycles. The summed E-state index contributed by atoms with van der Waals surface area (Å²) >= 11 is 1.51. The zero-order valence-electron chi connectivity index (χ0n) is 7.85. The van der Waals surface area contributed by atoms with Crippen molar-refractivity contribution in [2.24, 2.45) is 5.16 Å². The second-order valence-corrected chi connectivity index (χ2v) is 3.66. The van der Waals surface area contributed by atoms with Gasteiger partial charge in [0.2, 0.25) is 6.61 Å². The first-order valence-electron chi connectivity index (χ1n) is 3.90. The van der Waals surface area contributed by atoms with E-state index in [9.17, 15) is 4.79 Å². The van der Waals surface area contributed by atoms with E-state index >= 15 is 0 Å². The van der Waals surface area contributed by atoms with Crippen LogP contribution in [-0.4, -0.2) is 28.4 Å². The highest BCUT2D eigenvalue weighted by molar-refractivity contribution is 7.09. The van der Waals surface area contributed by atoms with Gasteiger partial charge in [-0.25, -0.2) is 9.78 Å². The van der Waals surface area contributed by atoms with Gasteiger partial charge in [-0.05, 0) is 13.8 Å². The van der Waals surface area contributed by atoms with Crippen LogP contribution in [0, 0.1) is 6.92 Å². The van der Waals surface area contributed by atoms with E-state index < -0.39 is 12.6 Å². The van der Waals surface area contributed by atoms with Gasteiger partial charge in [0.25, 0.3) is 0 Å². The van der Waals surface area contributed by atoms with Crippen molar-refractivity contribution in [1.82, 2.24) is 4.98 Å². The predicted molar refractivity (Wildman–Crippen MR) is 52.6 cm³/mol. The van der Waals surface area contributed by atoms with Crippen LogP contribution in [0.25, 0.3) is 0 Å². The fourth-order valence-corrected chi connectivity index (χ4v) is 1.42. The van der Waals surface area contributed by atoms with Crippen molar-refractivity contribution in [3.05, 3.63) is 16.1 Å². The van der Waals surface area contributed by atoms with E-state index in [1.54, 1.807) is 6.92 Å². The number of carboxylic acid groups (broad SMARTS) is 1. The van der Waals surface area contributed by atoms with Crippen molar-refractivity contribution >= 4 is 23.0 Å². The Morgan fingerprint density at radius 2 is 2.50 bits per heavy atom. The van der Waals surface area contributed by atoms with Gasteiger partial charge in [-0.2, -0.15) is 0 Å². The van der Waals surface area contributed by atoms with Gasteiger partial charge >= 0.3 is 5.97 Å². The first-order chi connectivity index (χ1) is 6.59. The summed E-state index contributed by atoms with van der Waals surface area (Å²) < 4.78 is 0. The summed E-state index contributed by atoms with van der Waals surface area (Å²) in [4.78, 5) is 18.9. The summed E-state index contributed by atoms with van der Waals surface area (Å²) in [6.45, 7) is 3.18. The molecule has 1 aromatic rings. The van der Waals surface area contributed by atoms with Gasteiger partial charge < -0.3 is 9.94 Å². The van der Waals surface area contributed by atoms with Gasteiger partial charge in [0.1, 0.15) is 5.71 Å². The lowest BCUT2D eigenvalue weighted by molar-refractivity contribution is -0.142. The van der Waals surface area contributed by atoms with Gasteiger partial charge in [-0.15, -0.1) is 11.3 Å². The zero-order valence-corrected chi connectivity index (χ0v) is 8.67. The Balaban J connectivity index is 2.56. The molecule has 0 fully saturated rings. The molecule has 0 amide bonds. The number of rotatable bonds is 4. The summed E-state index contributed by atoms with van der Waals surface area (Å²) in [6.07, 6.45) is 0. The Kier molecular flexibility index (Phi) is 3.58. The van der Waals surface area contributed by atoms with E-state index in [2.05, 4.69) is 15.0 Å². The minimum absolute atomic E-state index is 0.430. The van der Waals surface area contributed by atoms with Gasteiger partial charge in [0, 0.05) is 5.38 Å². The molecule has 0 aliphatic rings. The molecule has 5 nitrogen and oxygen atoms in total. The first-order valence-corrected chi connectivity index (χ1v) is 4.78. The van der Waals surface area contributed by atoms with E-state index in [-0.39, 0.29) is 0 Å². The first kappa shape index (κ1) is 10.6. The predicted octanol–water partition coefficient (Wildman–Crippen LogP) is 1.28. The highest BCUT2D eigenvalue weighted by Crippen LogP contribution is 2.08. The van der Waals surface area contributed by atoms with E-state index in [4.69, 9.17) is 5.11 Å². The van der Waals surface area contributed by atoms with Crippen LogP contribution in [-0.2, 0) is 9.63 Å². The van der Waals surface area contributed by atoms with Gasteiger partial charge in [-0.1, -0.05) is 5.16 Å². The maximum Gasteiger partial charge on any atom is 0.344 e. The molecule has 0 aromatic carbocycles. The van der Waals surface area contributed by atoms with Crippen molar-refractivity contribution in [2.75, 3.05) is 6.61 Å². The summed E-state index contributed by atoms with van der Waals surface area (Å²) in [6, 6.07) is 0. The molecule has 14 heavy (non-hydrogen) atoms. The lowest BCUT2D eigenvalue weighted by atomic mass is 10.3. The molecular weight excluding hydrogens is 204 g/mol. The maximum atomic E-state index is 10.1. The van der Waals surface area contributed by atoms with Crippen LogP contribution in [0.2, 0.25) is 0 Å². The third-order valence-corrected chi connectivity index (χ3v) is 2.15. The lowest BCUT2D eigenvalue weighted by Gasteiger charge is -1.95. The SMILES string of the molecule is C/C(=N\OCC(=O)O)c1csc(C)n1. The topological polar surface area (TPSA) is 71.8 Å². The van der Waals surface area contributed by atoms with Gasteiger partial charge in [-0.3, -0.25) is 0 Å². The average Bonchev–Trinajstić information content (AvgIpc) is 2.51. The van der Waals surface area contributed by atoms with Crippen molar-refractivity contribution < 1.29 is 14.7 Å². The van der Waals surface area contributed by atoms with Crippen LogP contribution in [0.5, 0.6) is 0 Å². The molecular formula is C8H10N2O3S. The van der Waals surface area contributed by atoms with Crippen LogP contribution >= 0.6 is 11.3 Å². The normalized spacial score (nSPS) is 11.4. The van der Waals surface area contributed by atoms with Crippen molar-refractivity contribution in [3.63, 3.8) is 0 Å². The number of aliphatic carboxylic acids is 1. The second kappa shape index (κ2) is 4.71. The number of carboxylic acids is 1. The number of oxime groups is 1. The molecule has 0 saturated heterocycles. The fourth-order valence-electron chi connectivity index (χ4n) is 0.761. The summed E-state index contributed by atoms with van der Waals surface area (Å²) in [7, 11) is 0. The van der Waals surface area contributed by atoms with Crippen LogP contribution in [0.1, 0.15) is 17.6 Å². The largest absolute Gasteiger partial charge is 0.479 e. The number of thiazole rings is 1. The van der Waals surface area contributed by atoms with Crippen molar-refractivity contribution in [2.45, 2.75) is 13.8 Å². The van der Waals surface area contributed by atoms with Gasteiger partial charge in [0.05, 0.1) is 10.7 Å². The summed E-state index contributed by atoms with van der Waals surface area (Å²) in [5, 5.41) is 14.7. The molecule has 1 rings (SSSR count). The second-order valence-electron chi connectivity index (χ2n) is 2.60. The Bertz CT molecular complexity index is 359. The van der Waals surface area contributed by atoms with Crippen LogP contribution in [0.3, 0.4) is 0 Å². The number of hydrogen-bond acceptors (Lipinski definition) is 5. The van der Waals surface area contributed by atoms with E-state index in [0.717, 1.165) is 10.7 Å². The minimum Gasteiger partial charge on any atom is -0.479 e. The quantitative estimate of drug-likeness (QED) is 0.605. The number of hydrogen-bond donors (Lipinski definition) is 1. The molecule has 0 bridgehead atoms. The molecule has 1 N–H and O–H groups in total. The molecule has 6 heteroatoms. The molecule has 0 aliphatic heterocycles. The molecule has 0 radical (unpaired) electrons. The van der Waals surface area contributed by atoms with E-state index in [1.807, 2.05) is 12.3 Å². The number of carbonyl (C=O) groups is 1. The summed E-state index contributed by atoms with van der Waals surface area (Å²) in [5.74, 6) is -1.05. The Labute approximate surface area is 85.0 Å². The highest BCUT2D eigenvalue weighted by Gasteiger charge is 2.02. The fraction of sp³-hybridized carbons (Fsp3) is 0.375. The molecule has 76 valence electrons. The molecule has 0 saturated carbocycles. The van der Waals surface area contributed by atoms with Crippen molar-refractivity contribution in [1.29, 1.82) is 0 Å². The van der Waals surface area contributed by atoms with Gasteiger partial charge in [0.15, 0.2) is 0 Å². The summed E-state index contributed by atoms with van der Waals surface area (Å²) in [5.41, 5.74) is 1.30. The van der Waals surface area contributed by atoms with Crippen molar-refractivity contribution in [3.8, 4) is 0 Å². The van der Waals surface area contributed by atoms with E-state index in [0.29, 0.717) is 5.71 Å². The molecule has 0 aliphatic carbocycles. The molecule has 0 unspecified atom stereocenters. The zero-order chi connectivity index (χ0) is 10.6. The van der Waals surface area contributed by atoms with Crippen LogP contribution in [0.4, 0.5) is 0 Å². The molecule has 0 spiro atoms. The van der Waals surface area contributed by atoms with Crippen LogP contribution in [0.15, 0.2) is 10.5 Å². The average molecular weight is 214 g/mol. The molecule has 1 aromatic heterocycles. The third kappa shape index (κ3) is 3.14. The lowest BCUT2D eigenvalue weighted by Crippen LogP contribution is -2.05. The Morgan fingerprint density at radius 1 is 1.79 bits per heavy atom. The molecule has 0 atom stereocenters. The standard InChI is InChI=1S/C8H10N2O3S/c1-5(10-13-3-8(11)12)7-4-14-6(2)9-7/h4H,3H2,1-2H3,(H,11,12)/b10-5+. The van der Waals surface area contributed by atoms with Crippen LogP contribution < -0.4 is 0 Å². The maximum absolute atomic E-state index is 10.1. The van der Waals surface area contributed by atoms with E-state index in [1.165, 1.54) is 11.3 Å². The minimum atomic E-state index is -1.05. The third-order valence-electron chi connectivity index (χ3n) is 1.38. The number of aryl methyl sites for hydroxylation is 1. The Morgan fingerprint density at radius 3 is 3.00 bits per heavy atom. The number of nitrogens with zero attached hydrogens (tertiary/aromatic N) is 2. The number of aromatic nitrogens is 1. The highest BCUT2D eigenvalue weighted by atomic mass is 32.1. The smallest absolute Gasteiger partial charge is 0.344 e.